The predicted octanol–water partition coefficient (Wildman–Crippen LogP) is 14.5. The molecular formula is C65H47NSi. The quantitative estimate of drug-likeness (QED) is 0.144. The molecule has 1 aliphatic heterocycles. The van der Waals surface area contributed by atoms with Crippen LogP contribution in [0.25, 0.3) is 66.1 Å². The molecule has 316 valence electrons. The highest BCUT2D eigenvalue weighted by Crippen LogP contribution is 2.52. The maximum absolute atomic E-state index is 2.84. The minimum Gasteiger partial charge on any atom is -0.310 e. The predicted molar refractivity (Wildman–Crippen MR) is 287 cm³/mol. The van der Waals surface area contributed by atoms with Gasteiger partial charge in [0, 0.05) is 22.2 Å². The molecule has 0 radical (unpaired) electrons. The molecule has 13 rings (SSSR count). The van der Waals surface area contributed by atoms with Crippen molar-refractivity contribution in [2.24, 2.45) is 0 Å². The number of nitrogens with zero attached hydrogens (tertiary/aromatic N) is 1. The topological polar surface area (TPSA) is 3.24 Å². The Morgan fingerprint density at radius 3 is 1.57 bits per heavy atom. The molecule has 0 fully saturated rings. The summed E-state index contributed by atoms with van der Waals surface area (Å²) in [6.45, 7) is 4.77. The Labute approximate surface area is 393 Å². The molecule has 1 heterocycles. The standard InChI is InChI=1S/C65H47NSi/c1-65(2)58-34-16-14-28-53(58)54-41-40-48(42-59(54)65)66(47-38-36-45(37-39-47)52-33-19-23-46-22-18-32-51(63(46)52)44-20-6-3-7-21-44)60-43-62-64(56-30-13-12-29-55(56)60)57-31-15-17-35-61(57)67(62,49-24-8-4-9-25-49)50-26-10-5-11-27-50/h3-43H,1-2H3. The van der Waals surface area contributed by atoms with Gasteiger partial charge in [-0.2, -0.15) is 0 Å². The molecule has 0 N–H and O–H groups in total. The van der Waals surface area contributed by atoms with E-state index in [0.717, 1.165) is 11.4 Å². The van der Waals surface area contributed by atoms with Crippen molar-refractivity contribution in [3.8, 4) is 44.5 Å². The third-order valence-electron chi connectivity index (χ3n) is 14.9. The van der Waals surface area contributed by atoms with E-state index in [1.54, 1.807) is 0 Å². The smallest absolute Gasteiger partial charge is 0.180 e. The molecule has 0 bridgehead atoms. The van der Waals surface area contributed by atoms with E-state index in [1.165, 1.54) is 104 Å². The van der Waals surface area contributed by atoms with Crippen molar-refractivity contribution < 1.29 is 0 Å². The van der Waals surface area contributed by atoms with Crippen molar-refractivity contribution in [3.05, 3.63) is 260 Å². The van der Waals surface area contributed by atoms with E-state index in [0.29, 0.717) is 0 Å². The molecule has 0 amide bonds. The van der Waals surface area contributed by atoms with Gasteiger partial charge in [0.15, 0.2) is 8.07 Å². The number of benzene rings is 11. The van der Waals surface area contributed by atoms with Gasteiger partial charge in [-0.15, -0.1) is 0 Å². The van der Waals surface area contributed by atoms with Gasteiger partial charge < -0.3 is 4.90 Å². The number of rotatable bonds is 7. The minimum atomic E-state index is -2.84. The van der Waals surface area contributed by atoms with Crippen LogP contribution in [0.1, 0.15) is 25.0 Å². The monoisotopic (exact) mass is 869 g/mol. The highest BCUT2D eigenvalue weighted by Gasteiger charge is 2.49. The van der Waals surface area contributed by atoms with Crippen LogP contribution in [0.15, 0.2) is 249 Å². The van der Waals surface area contributed by atoms with Crippen LogP contribution in [0.3, 0.4) is 0 Å². The van der Waals surface area contributed by atoms with E-state index in [4.69, 9.17) is 0 Å². The zero-order valence-electron chi connectivity index (χ0n) is 37.6. The second-order valence-electron chi connectivity index (χ2n) is 18.7. The van der Waals surface area contributed by atoms with Crippen molar-refractivity contribution in [1.29, 1.82) is 0 Å². The first kappa shape index (κ1) is 39.3. The second kappa shape index (κ2) is 15.3. The third kappa shape index (κ3) is 5.86. The van der Waals surface area contributed by atoms with Crippen LogP contribution in [0.5, 0.6) is 0 Å². The largest absolute Gasteiger partial charge is 0.310 e. The maximum atomic E-state index is 2.60. The summed E-state index contributed by atoms with van der Waals surface area (Å²) in [7, 11) is -2.84. The fourth-order valence-corrected chi connectivity index (χ4v) is 17.2. The first-order valence-electron chi connectivity index (χ1n) is 23.5. The lowest BCUT2D eigenvalue weighted by molar-refractivity contribution is 0.660. The molecule has 11 aromatic rings. The number of hydrogen-bond acceptors (Lipinski definition) is 1. The zero-order valence-corrected chi connectivity index (χ0v) is 38.6. The molecule has 0 unspecified atom stereocenters. The molecule has 11 aromatic carbocycles. The summed E-state index contributed by atoms with van der Waals surface area (Å²) in [4.78, 5) is 2.56. The molecule has 67 heavy (non-hydrogen) atoms. The van der Waals surface area contributed by atoms with E-state index < -0.39 is 8.07 Å². The van der Waals surface area contributed by atoms with Crippen LogP contribution in [-0.4, -0.2) is 8.07 Å². The highest BCUT2D eigenvalue weighted by molar-refractivity contribution is 7.22. The van der Waals surface area contributed by atoms with Gasteiger partial charge in [0.05, 0.1) is 5.69 Å². The van der Waals surface area contributed by atoms with Gasteiger partial charge >= 0.3 is 0 Å². The second-order valence-corrected chi connectivity index (χ2v) is 22.5. The number of anilines is 3. The highest BCUT2D eigenvalue weighted by atomic mass is 28.3. The normalized spacial score (nSPS) is 13.8. The summed E-state index contributed by atoms with van der Waals surface area (Å²) in [5.74, 6) is 0. The van der Waals surface area contributed by atoms with E-state index in [1.807, 2.05) is 0 Å². The molecule has 0 saturated heterocycles. The van der Waals surface area contributed by atoms with Crippen LogP contribution in [0.2, 0.25) is 0 Å². The summed E-state index contributed by atoms with van der Waals surface area (Å²) in [5, 5.41) is 10.7. The van der Waals surface area contributed by atoms with Crippen molar-refractivity contribution in [1.82, 2.24) is 0 Å². The summed E-state index contributed by atoms with van der Waals surface area (Å²) in [6, 6.07) is 93.5. The van der Waals surface area contributed by atoms with Crippen molar-refractivity contribution >= 4 is 67.4 Å². The molecule has 2 heteroatoms. The third-order valence-corrected chi connectivity index (χ3v) is 19.8. The lowest BCUT2D eigenvalue weighted by Crippen LogP contribution is -2.72. The van der Waals surface area contributed by atoms with E-state index in [9.17, 15) is 0 Å². The van der Waals surface area contributed by atoms with Crippen LogP contribution < -0.4 is 25.6 Å². The van der Waals surface area contributed by atoms with Gasteiger partial charge in [0.1, 0.15) is 0 Å². The summed E-state index contributed by atoms with van der Waals surface area (Å²) >= 11 is 0. The minimum absolute atomic E-state index is 0.160. The van der Waals surface area contributed by atoms with Crippen molar-refractivity contribution in [2.45, 2.75) is 19.3 Å². The molecule has 0 aromatic heterocycles. The van der Waals surface area contributed by atoms with Gasteiger partial charge in [0.2, 0.25) is 0 Å². The van der Waals surface area contributed by atoms with Gasteiger partial charge in [-0.25, -0.2) is 0 Å². The molecule has 0 atom stereocenters. The average molecular weight is 870 g/mol. The lowest BCUT2D eigenvalue weighted by Gasteiger charge is -2.34. The van der Waals surface area contributed by atoms with Gasteiger partial charge in [-0.05, 0) is 123 Å². The van der Waals surface area contributed by atoms with Gasteiger partial charge in [-0.1, -0.05) is 232 Å². The Kier molecular flexibility index (Phi) is 8.97. The first-order valence-corrected chi connectivity index (χ1v) is 25.5. The lowest BCUT2D eigenvalue weighted by atomic mass is 9.82. The number of hydrogen-bond donors (Lipinski definition) is 0. The zero-order chi connectivity index (χ0) is 44.7. The molecular weight excluding hydrogens is 823 g/mol. The molecule has 1 aliphatic carbocycles. The fourth-order valence-electron chi connectivity index (χ4n) is 12.0. The molecule has 2 aliphatic rings. The fraction of sp³-hybridized carbons (Fsp3) is 0.0462. The Balaban J connectivity index is 1.08. The van der Waals surface area contributed by atoms with Crippen LogP contribution in [-0.2, 0) is 5.41 Å². The number of fused-ring (bicyclic) bond motifs is 9. The van der Waals surface area contributed by atoms with Crippen LogP contribution in [0, 0.1) is 0 Å². The van der Waals surface area contributed by atoms with Gasteiger partial charge in [-0.3, -0.25) is 0 Å². The Morgan fingerprint density at radius 1 is 0.358 bits per heavy atom. The average Bonchev–Trinajstić information content (AvgIpc) is 3.82. The molecule has 1 nitrogen and oxygen atoms in total. The Morgan fingerprint density at radius 2 is 0.881 bits per heavy atom. The maximum Gasteiger partial charge on any atom is 0.180 e. The summed E-state index contributed by atoms with van der Waals surface area (Å²) in [5.41, 5.74) is 16.3. The van der Waals surface area contributed by atoms with Gasteiger partial charge in [0.25, 0.3) is 0 Å². The van der Waals surface area contributed by atoms with Crippen molar-refractivity contribution in [3.63, 3.8) is 0 Å². The molecule has 0 saturated carbocycles. The molecule has 0 spiro atoms. The van der Waals surface area contributed by atoms with E-state index in [2.05, 4.69) is 267 Å². The summed E-state index contributed by atoms with van der Waals surface area (Å²) < 4.78 is 0. The Hall–Kier alpha value is -8.04. The summed E-state index contributed by atoms with van der Waals surface area (Å²) in [6.07, 6.45) is 0. The van der Waals surface area contributed by atoms with E-state index in [-0.39, 0.29) is 5.41 Å². The SMILES string of the molecule is CC1(C)c2ccccc2-c2ccc(N(c3ccc(-c4cccc5cccc(-c6ccccc6)c45)cc3)c3cc4c(c5ccccc35)-c3ccccc3[Si]4(c3ccccc3)c3ccccc3)cc21. The first-order chi connectivity index (χ1) is 33.0. The Bertz CT molecular complexity index is 3660. The van der Waals surface area contributed by atoms with Crippen molar-refractivity contribution in [2.75, 3.05) is 4.90 Å². The van der Waals surface area contributed by atoms with E-state index >= 15 is 0 Å². The van der Waals surface area contributed by atoms with Crippen LogP contribution in [0.4, 0.5) is 17.1 Å². The van der Waals surface area contributed by atoms with Crippen LogP contribution >= 0.6 is 0 Å².